The Morgan fingerprint density at radius 2 is 1.75 bits per heavy atom. The van der Waals surface area contributed by atoms with Crippen LogP contribution in [0, 0.1) is 0 Å². The highest BCUT2D eigenvalue weighted by atomic mass is 35.5. The number of rotatable bonds is 3. The Morgan fingerprint density at radius 3 is 2.46 bits per heavy atom. The summed E-state index contributed by atoms with van der Waals surface area (Å²) in [6.07, 6.45) is 0. The Morgan fingerprint density at radius 1 is 1.04 bits per heavy atom. The standard InChI is InChI=1S/C19H17Cl2N3O3S/c20-12-5-6-13(15(21)11-12)17(25)23-19(28)22-16-4-2-1-3-14(16)18(26)24-7-9-27-10-8-24/h1-6,11H,7-10H2,(H2,22,23,25,28). The maximum absolute atomic E-state index is 12.8. The molecule has 6 nitrogen and oxygen atoms in total. The zero-order valence-corrected chi connectivity index (χ0v) is 17.0. The van der Waals surface area contributed by atoms with E-state index in [0.29, 0.717) is 42.6 Å². The number of hydrogen-bond donors (Lipinski definition) is 2. The van der Waals surface area contributed by atoms with Crippen LogP contribution in [0.2, 0.25) is 10.0 Å². The molecule has 2 amide bonds. The van der Waals surface area contributed by atoms with Crippen molar-refractivity contribution in [3.8, 4) is 0 Å². The van der Waals surface area contributed by atoms with Crippen LogP contribution in [0.5, 0.6) is 0 Å². The summed E-state index contributed by atoms with van der Waals surface area (Å²) in [5, 5.41) is 6.17. The third kappa shape index (κ3) is 4.99. The molecule has 0 aromatic heterocycles. The minimum absolute atomic E-state index is 0.0539. The summed E-state index contributed by atoms with van der Waals surface area (Å²) in [5.74, 6) is -0.600. The summed E-state index contributed by atoms with van der Waals surface area (Å²) in [6.45, 7) is 2.09. The molecule has 146 valence electrons. The van der Waals surface area contributed by atoms with Crippen LogP contribution in [0.4, 0.5) is 5.69 Å². The van der Waals surface area contributed by atoms with Crippen molar-refractivity contribution >= 4 is 58.0 Å². The smallest absolute Gasteiger partial charge is 0.258 e. The Kier molecular flexibility index (Phi) is 6.85. The van der Waals surface area contributed by atoms with E-state index in [1.54, 1.807) is 35.2 Å². The fourth-order valence-corrected chi connectivity index (χ4v) is 3.41. The highest BCUT2D eigenvalue weighted by molar-refractivity contribution is 7.80. The summed E-state index contributed by atoms with van der Waals surface area (Å²) in [4.78, 5) is 26.9. The number of hydrogen-bond acceptors (Lipinski definition) is 4. The van der Waals surface area contributed by atoms with Crippen LogP contribution in [-0.4, -0.2) is 48.1 Å². The molecule has 0 spiro atoms. The van der Waals surface area contributed by atoms with Gasteiger partial charge in [0.15, 0.2) is 5.11 Å². The van der Waals surface area contributed by atoms with E-state index in [1.165, 1.54) is 12.1 Å². The van der Waals surface area contributed by atoms with E-state index in [4.69, 9.17) is 40.2 Å². The van der Waals surface area contributed by atoms with Gasteiger partial charge in [0.1, 0.15) is 0 Å². The van der Waals surface area contributed by atoms with Crippen molar-refractivity contribution < 1.29 is 14.3 Å². The summed E-state index contributed by atoms with van der Waals surface area (Å²) in [6, 6.07) is 11.5. The fourth-order valence-electron chi connectivity index (χ4n) is 2.71. The van der Waals surface area contributed by atoms with Crippen LogP contribution in [0.25, 0.3) is 0 Å². The molecule has 1 saturated heterocycles. The van der Waals surface area contributed by atoms with Crippen LogP contribution < -0.4 is 10.6 Å². The average molecular weight is 438 g/mol. The maximum Gasteiger partial charge on any atom is 0.258 e. The molecule has 0 radical (unpaired) electrons. The van der Waals surface area contributed by atoms with Gasteiger partial charge in [-0.1, -0.05) is 35.3 Å². The second-order valence-corrected chi connectivity index (χ2v) is 7.23. The number of amides is 2. The van der Waals surface area contributed by atoms with Gasteiger partial charge in [0.2, 0.25) is 0 Å². The molecule has 0 bridgehead atoms. The van der Waals surface area contributed by atoms with Crippen LogP contribution >= 0.6 is 35.4 Å². The number of para-hydroxylation sites is 1. The molecule has 1 aliphatic heterocycles. The number of thiocarbonyl (C=S) groups is 1. The van der Waals surface area contributed by atoms with Gasteiger partial charge >= 0.3 is 0 Å². The lowest BCUT2D eigenvalue weighted by Gasteiger charge is -2.27. The molecule has 1 heterocycles. The van der Waals surface area contributed by atoms with Gasteiger partial charge < -0.3 is 15.0 Å². The number of halogens is 2. The van der Waals surface area contributed by atoms with Gasteiger partial charge in [-0.25, -0.2) is 0 Å². The molecule has 0 atom stereocenters. The van der Waals surface area contributed by atoms with Crippen molar-refractivity contribution in [2.24, 2.45) is 0 Å². The molecule has 2 aromatic rings. The van der Waals surface area contributed by atoms with Crippen molar-refractivity contribution in [2.75, 3.05) is 31.6 Å². The second-order valence-electron chi connectivity index (χ2n) is 5.98. The largest absolute Gasteiger partial charge is 0.378 e. The third-order valence-electron chi connectivity index (χ3n) is 4.11. The van der Waals surface area contributed by atoms with Crippen molar-refractivity contribution in [1.29, 1.82) is 0 Å². The number of ether oxygens (including phenoxy) is 1. The van der Waals surface area contributed by atoms with E-state index in [-0.39, 0.29) is 21.6 Å². The quantitative estimate of drug-likeness (QED) is 0.717. The van der Waals surface area contributed by atoms with E-state index < -0.39 is 5.91 Å². The van der Waals surface area contributed by atoms with Gasteiger partial charge in [0, 0.05) is 18.1 Å². The highest BCUT2D eigenvalue weighted by Gasteiger charge is 2.21. The zero-order chi connectivity index (χ0) is 20.1. The number of carbonyl (C=O) groups is 2. The van der Waals surface area contributed by atoms with Crippen LogP contribution in [0.3, 0.4) is 0 Å². The average Bonchev–Trinajstić information content (AvgIpc) is 2.68. The Labute approximate surface area is 177 Å². The first-order valence-corrected chi connectivity index (χ1v) is 9.65. The molecular weight excluding hydrogens is 421 g/mol. The second kappa shape index (κ2) is 9.34. The summed E-state index contributed by atoms with van der Waals surface area (Å²) < 4.78 is 5.29. The molecule has 28 heavy (non-hydrogen) atoms. The van der Waals surface area contributed by atoms with Gasteiger partial charge in [-0.15, -0.1) is 0 Å². The Hall–Kier alpha value is -2.19. The van der Waals surface area contributed by atoms with Crippen molar-refractivity contribution in [3.63, 3.8) is 0 Å². The first-order valence-electron chi connectivity index (χ1n) is 8.49. The first kappa shape index (κ1) is 20.5. The Bertz CT molecular complexity index is 917. The van der Waals surface area contributed by atoms with Crippen LogP contribution in [-0.2, 0) is 4.74 Å². The summed E-state index contributed by atoms with van der Waals surface area (Å²) >= 11 is 17.1. The lowest BCUT2D eigenvalue weighted by atomic mass is 10.1. The lowest BCUT2D eigenvalue weighted by molar-refractivity contribution is 0.0303. The van der Waals surface area contributed by atoms with E-state index in [2.05, 4.69) is 10.6 Å². The van der Waals surface area contributed by atoms with Gasteiger partial charge in [-0.3, -0.25) is 14.9 Å². The molecule has 2 N–H and O–H groups in total. The summed E-state index contributed by atoms with van der Waals surface area (Å²) in [5.41, 5.74) is 1.21. The van der Waals surface area contributed by atoms with Crippen molar-refractivity contribution in [2.45, 2.75) is 0 Å². The molecule has 1 fully saturated rings. The molecule has 0 unspecified atom stereocenters. The van der Waals surface area contributed by atoms with E-state index in [9.17, 15) is 9.59 Å². The number of carbonyl (C=O) groups excluding carboxylic acids is 2. The number of benzene rings is 2. The predicted octanol–water partition coefficient (Wildman–Crippen LogP) is 3.59. The van der Waals surface area contributed by atoms with Gasteiger partial charge in [-0.2, -0.15) is 0 Å². The highest BCUT2D eigenvalue weighted by Crippen LogP contribution is 2.21. The topological polar surface area (TPSA) is 70.7 Å². The third-order valence-corrected chi connectivity index (χ3v) is 4.86. The monoisotopic (exact) mass is 437 g/mol. The number of nitrogens with zero attached hydrogens (tertiary/aromatic N) is 1. The molecule has 0 aliphatic carbocycles. The van der Waals surface area contributed by atoms with E-state index in [1.807, 2.05) is 0 Å². The van der Waals surface area contributed by atoms with E-state index >= 15 is 0 Å². The zero-order valence-electron chi connectivity index (χ0n) is 14.7. The van der Waals surface area contributed by atoms with E-state index in [0.717, 1.165) is 0 Å². The predicted molar refractivity (Wildman–Crippen MR) is 113 cm³/mol. The molecule has 1 aliphatic rings. The minimum Gasteiger partial charge on any atom is -0.378 e. The van der Waals surface area contributed by atoms with Gasteiger partial charge in [-0.05, 0) is 42.5 Å². The lowest BCUT2D eigenvalue weighted by Crippen LogP contribution is -2.41. The first-order chi connectivity index (χ1) is 13.5. The normalized spacial score (nSPS) is 13.7. The minimum atomic E-state index is -0.476. The summed E-state index contributed by atoms with van der Waals surface area (Å²) in [7, 11) is 0. The molecule has 3 rings (SSSR count). The number of morpholine rings is 1. The van der Waals surface area contributed by atoms with Gasteiger partial charge in [0.25, 0.3) is 11.8 Å². The number of anilines is 1. The molecule has 2 aromatic carbocycles. The van der Waals surface area contributed by atoms with Crippen molar-refractivity contribution in [3.05, 3.63) is 63.6 Å². The Balaban J connectivity index is 1.70. The molecule has 9 heteroatoms. The SMILES string of the molecule is O=C(NC(=S)Nc1ccccc1C(=O)N1CCOCC1)c1ccc(Cl)cc1Cl. The van der Waals surface area contributed by atoms with Crippen LogP contribution in [0.1, 0.15) is 20.7 Å². The van der Waals surface area contributed by atoms with Gasteiger partial charge in [0.05, 0.1) is 35.1 Å². The van der Waals surface area contributed by atoms with Crippen molar-refractivity contribution in [1.82, 2.24) is 10.2 Å². The molecular formula is C19H17Cl2N3O3S. The fraction of sp³-hybridized carbons (Fsp3) is 0.211. The maximum atomic E-state index is 12.8. The number of nitrogens with one attached hydrogen (secondary N) is 2. The molecule has 0 saturated carbocycles. The van der Waals surface area contributed by atoms with Crippen LogP contribution in [0.15, 0.2) is 42.5 Å².